The third-order valence-corrected chi connectivity index (χ3v) is 10.8. The molecule has 3 aliphatic carbocycles. The fraction of sp³-hybridized carbons (Fsp3) is 0.159. The maximum atomic E-state index is 9.78. The van der Waals surface area contributed by atoms with Crippen molar-refractivity contribution < 1.29 is 9.47 Å². The Labute approximate surface area is 275 Å². The Morgan fingerprint density at radius 3 is 2.36 bits per heavy atom. The van der Waals surface area contributed by atoms with Gasteiger partial charge in [0.2, 0.25) is 0 Å². The van der Waals surface area contributed by atoms with Crippen molar-refractivity contribution in [1.29, 1.82) is 5.26 Å². The predicted octanol–water partition coefficient (Wildman–Crippen LogP) is 10.3. The molecule has 0 saturated carbocycles. The van der Waals surface area contributed by atoms with Gasteiger partial charge in [0.15, 0.2) is 5.60 Å². The Morgan fingerprint density at radius 2 is 1.57 bits per heavy atom. The van der Waals surface area contributed by atoms with Crippen LogP contribution in [0.4, 0.5) is 0 Å². The summed E-state index contributed by atoms with van der Waals surface area (Å²) in [6, 6.07) is 34.2. The largest absolute Gasteiger partial charge is 0.497 e. The lowest BCUT2D eigenvalue weighted by molar-refractivity contribution is 0.147. The second kappa shape index (κ2) is 9.95. The lowest BCUT2D eigenvalue weighted by Gasteiger charge is -2.45. The van der Waals surface area contributed by atoms with Crippen molar-refractivity contribution in [3.8, 4) is 28.7 Å². The molecule has 5 aromatic rings. The Hall–Kier alpha value is -5.59. The van der Waals surface area contributed by atoms with Crippen molar-refractivity contribution in [2.75, 3.05) is 7.11 Å². The standard InChI is InChI=1S/C44H33NO2/c1-43(2)38-24-27(26-45)16-21-36(38)40-34-14-8-9-15-35(34)42-37(41(40)43)22-23-44(47-42,29-17-19-30(46-3)20-18-29)39-25-28-10-4-5-11-31(28)32-12-6-7-13-33(32)39/h4-25,32-33H,1-3H3. The van der Waals surface area contributed by atoms with E-state index in [-0.39, 0.29) is 17.3 Å². The van der Waals surface area contributed by atoms with Gasteiger partial charge in [-0.25, -0.2) is 0 Å². The molecule has 3 unspecified atom stereocenters. The van der Waals surface area contributed by atoms with Gasteiger partial charge in [-0.3, -0.25) is 0 Å². The molecule has 226 valence electrons. The SMILES string of the molecule is COc1ccc(C2(C3=Cc4ccccc4C4C=CC=CC34)C=Cc3c4c(c5ccccc5c3O2)-c2ccc(C#N)cc2C4(C)C)cc1. The summed E-state index contributed by atoms with van der Waals surface area (Å²) in [5.41, 5.74) is 10.3. The Bertz CT molecular complexity index is 2310. The fourth-order valence-electron chi connectivity index (χ4n) is 8.59. The molecule has 9 rings (SSSR count). The van der Waals surface area contributed by atoms with Gasteiger partial charge >= 0.3 is 0 Å². The predicted molar refractivity (Wildman–Crippen MR) is 189 cm³/mol. The minimum Gasteiger partial charge on any atom is -0.497 e. The van der Waals surface area contributed by atoms with Crippen molar-refractivity contribution in [3.63, 3.8) is 0 Å². The van der Waals surface area contributed by atoms with Crippen LogP contribution in [0.3, 0.4) is 0 Å². The molecule has 3 atom stereocenters. The van der Waals surface area contributed by atoms with Crippen molar-refractivity contribution in [1.82, 2.24) is 0 Å². The number of hydrogen-bond acceptors (Lipinski definition) is 3. The average molecular weight is 608 g/mol. The number of benzene rings is 5. The van der Waals surface area contributed by atoms with Gasteiger partial charge in [-0.05, 0) is 74.7 Å². The summed E-state index contributed by atoms with van der Waals surface area (Å²) in [4.78, 5) is 0. The second-order valence-corrected chi connectivity index (χ2v) is 13.5. The molecule has 0 spiro atoms. The molecule has 1 heterocycles. The molecule has 5 aromatic carbocycles. The summed E-state index contributed by atoms with van der Waals surface area (Å²) in [6.07, 6.45) is 16.0. The summed E-state index contributed by atoms with van der Waals surface area (Å²) in [7, 11) is 1.70. The number of fused-ring (bicyclic) bond motifs is 11. The molecule has 0 bridgehead atoms. The zero-order valence-electron chi connectivity index (χ0n) is 26.6. The quantitative estimate of drug-likeness (QED) is 0.205. The van der Waals surface area contributed by atoms with Crippen LogP contribution in [-0.2, 0) is 11.0 Å². The zero-order valence-corrected chi connectivity index (χ0v) is 26.6. The third kappa shape index (κ3) is 3.79. The average Bonchev–Trinajstić information content (AvgIpc) is 3.37. The number of allylic oxidation sites excluding steroid dienone is 4. The van der Waals surface area contributed by atoms with Gasteiger partial charge in [0.05, 0.1) is 18.7 Å². The van der Waals surface area contributed by atoms with Crippen LogP contribution >= 0.6 is 0 Å². The van der Waals surface area contributed by atoms with Gasteiger partial charge in [-0.15, -0.1) is 0 Å². The van der Waals surface area contributed by atoms with Gasteiger partial charge in [-0.2, -0.15) is 5.26 Å². The molecule has 0 radical (unpaired) electrons. The van der Waals surface area contributed by atoms with Crippen molar-refractivity contribution in [3.05, 3.63) is 166 Å². The molecule has 0 amide bonds. The van der Waals surface area contributed by atoms with E-state index in [1.54, 1.807) is 7.11 Å². The zero-order chi connectivity index (χ0) is 31.9. The van der Waals surface area contributed by atoms with Crippen LogP contribution in [0.15, 0.2) is 127 Å². The Morgan fingerprint density at radius 1 is 0.830 bits per heavy atom. The van der Waals surface area contributed by atoms with Gasteiger partial charge in [0, 0.05) is 33.8 Å². The van der Waals surface area contributed by atoms with Crippen LogP contribution in [0.2, 0.25) is 0 Å². The van der Waals surface area contributed by atoms with E-state index >= 15 is 0 Å². The maximum absolute atomic E-state index is 9.78. The van der Waals surface area contributed by atoms with E-state index in [0.29, 0.717) is 5.56 Å². The van der Waals surface area contributed by atoms with Crippen molar-refractivity contribution in [2.24, 2.45) is 5.92 Å². The Kier molecular flexibility index (Phi) is 5.87. The molecule has 3 heteroatoms. The highest BCUT2D eigenvalue weighted by Crippen LogP contribution is 2.59. The van der Waals surface area contributed by atoms with E-state index in [4.69, 9.17) is 9.47 Å². The molecule has 1 aliphatic heterocycles. The molecular formula is C44H33NO2. The van der Waals surface area contributed by atoms with E-state index in [9.17, 15) is 5.26 Å². The monoisotopic (exact) mass is 607 g/mol. The first kappa shape index (κ1) is 27.7. The van der Waals surface area contributed by atoms with Crippen LogP contribution in [0.25, 0.3) is 34.1 Å². The summed E-state index contributed by atoms with van der Waals surface area (Å²) in [6.45, 7) is 4.55. The number of hydrogen-bond donors (Lipinski definition) is 0. The van der Waals surface area contributed by atoms with Crippen LogP contribution in [0, 0.1) is 17.2 Å². The highest BCUT2D eigenvalue weighted by molar-refractivity contribution is 6.08. The first-order valence-corrected chi connectivity index (χ1v) is 16.3. The van der Waals surface area contributed by atoms with Gasteiger partial charge in [0.25, 0.3) is 0 Å². The lowest BCUT2D eigenvalue weighted by Crippen LogP contribution is -2.40. The van der Waals surface area contributed by atoms with Crippen molar-refractivity contribution >= 4 is 22.9 Å². The highest BCUT2D eigenvalue weighted by Gasteiger charge is 2.48. The van der Waals surface area contributed by atoms with E-state index in [1.165, 1.54) is 39.0 Å². The molecule has 4 aliphatic rings. The normalized spacial score (nSPS) is 22.2. The number of ether oxygens (including phenoxy) is 2. The topological polar surface area (TPSA) is 42.2 Å². The number of rotatable bonds is 3. The van der Waals surface area contributed by atoms with E-state index in [2.05, 4.69) is 135 Å². The van der Waals surface area contributed by atoms with Crippen LogP contribution in [0.1, 0.15) is 58.7 Å². The molecule has 0 saturated heterocycles. The fourth-order valence-corrected chi connectivity index (χ4v) is 8.59. The lowest BCUT2D eigenvalue weighted by atomic mass is 9.66. The van der Waals surface area contributed by atoms with E-state index in [1.807, 2.05) is 18.2 Å². The first-order chi connectivity index (χ1) is 22.9. The number of nitrogens with zero attached hydrogens (tertiary/aromatic N) is 1. The van der Waals surface area contributed by atoms with E-state index in [0.717, 1.165) is 33.4 Å². The molecule has 0 N–H and O–H groups in total. The molecule has 3 nitrogen and oxygen atoms in total. The summed E-state index contributed by atoms with van der Waals surface area (Å²) in [5.74, 6) is 2.04. The van der Waals surface area contributed by atoms with Gasteiger partial charge < -0.3 is 9.47 Å². The number of methoxy groups -OCH3 is 1. The summed E-state index contributed by atoms with van der Waals surface area (Å²) in [5, 5.41) is 12.0. The number of nitriles is 1. The van der Waals surface area contributed by atoms with Gasteiger partial charge in [-0.1, -0.05) is 117 Å². The molecule has 0 fully saturated rings. The minimum atomic E-state index is -0.869. The van der Waals surface area contributed by atoms with Gasteiger partial charge in [0.1, 0.15) is 11.5 Å². The van der Waals surface area contributed by atoms with Crippen molar-refractivity contribution in [2.45, 2.75) is 30.8 Å². The first-order valence-electron chi connectivity index (χ1n) is 16.3. The summed E-state index contributed by atoms with van der Waals surface area (Å²) < 4.78 is 13.2. The van der Waals surface area contributed by atoms with Crippen LogP contribution in [0.5, 0.6) is 11.5 Å². The third-order valence-electron chi connectivity index (χ3n) is 10.8. The minimum absolute atomic E-state index is 0.119. The molecular weight excluding hydrogens is 574 g/mol. The summed E-state index contributed by atoms with van der Waals surface area (Å²) >= 11 is 0. The van der Waals surface area contributed by atoms with Crippen LogP contribution in [-0.4, -0.2) is 7.11 Å². The second-order valence-electron chi connectivity index (χ2n) is 13.5. The van der Waals surface area contributed by atoms with Crippen LogP contribution < -0.4 is 9.47 Å². The molecule has 0 aromatic heterocycles. The smallest absolute Gasteiger partial charge is 0.175 e. The van der Waals surface area contributed by atoms with E-state index < -0.39 is 5.60 Å². The Balaban J connectivity index is 1.34. The molecule has 47 heavy (non-hydrogen) atoms. The maximum Gasteiger partial charge on any atom is 0.175 e. The highest BCUT2D eigenvalue weighted by atomic mass is 16.5.